The summed E-state index contributed by atoms with van der Waals surface area (Å²) < 4.78 is 0. The third-order valence-electron chi connectivity index (χ3n) is 3.51. The Bertz CT molecular complexity index is 386. The molecule has 0 aliphatic rings. The normalized spacial score (nSPS) is 9.82. The number of nitrogens with two attached hydrogens (primary N) is 1. The zero-order valence-corrected chi connectivity index (χ0v) is 15.2. The van der Waals surface area contributed by atoms with E-state index in [1.54, 1.807) is 0 Å². The minimum absolute atomic E-state index is 0. The summed E-state index contributed by atoms with van der Waals surface area (Å²) in [7, 11) is 0. The zero-order chi connectivity index (χ0) is 14.8. The van der Waals surface area contributed by atoms with Gasteiger partial charge in [-0.15, -0.1) is 24.8 Å². The minimum atomic E-state index is 0. The van der Waals surface area contributed by atoms with Crippen molar-refractivity contribution >= 4 is 30.7 Å². The Kier molecular flexibility index (Phi) is 14.7. The molecule has 0 saturated carbocycles. The average molecular weight is 350 g/mol. The molecule has 0 aromatic heterocycles. The van der Waals surface area contributed by atoms with Gasteiger partial charge in [0.2, 0.25) is 5.91 Å². The maximum atomic E-state index is 12.2. The van der Waals surface area contributed by atoms with Crippen LogP contribution in [0.2, 0.25) is 0 Å². The minimum Gasteiger partial charge on any atom is -0.337 e. The van der Waals surface area contributed by atoms with Crippen LogP contribution in [0, 0.1) is 0 Å². The van der Waals surface area contributed by atoms with E-state index in [2.05, 4.69) is 30.9 Å². The highest BCUT2D eigenvalue weighted by Gasteiger charge is 2.14. The van der Waals surface area contributed by atoms with Crippen LogP contribution >= 0.6 is 24.8 Å². The molecule has 0 bridgehead atoms. The number of carbonyl (C=O) groups excluding carboxylic acids is 1. The van der Waals surface area contributed by atoms with Gasteiger partial charge in [0.15, 0.2) is 0 Å². The molecule has 1 amide bonds. The molecule has 6 heteroatoms. The number of nitrogens with zero attached hydrogens (tertiary/aromatic N) is 2. The molecule has 0 radical (unpaired) electrons. The van der Waals surface area contributed by atoms with E-state index in [9.17, 15) is 4.79 Å². The molecule has 0 atom stereocenters. The predicted octanol–water partition coefficient (Wildman–Crippen LogP) is 2.55. The molecule has 22 heavy (non-hydrogen) atoms. The fraction of sp³-hybridized carbons (Fsp3) is 0.562. The lowest BCUT2D eigenvalue weighted by Crippen LogP contribution is -2.39. The molecule has 0 spiro atoms. The first-order valence-corrected chi connectivity index (χ1v) is 7.45. The SMILES string of the molecule is CCN(CC)CCN(Cc1ccccc1)C(=O)CCN.Cl.Cl. The van der Waals surface area contributed by atoms with Crippen molar-refractivity contribution in [3.63, 3.8) is 0 Å². The first kappa shape index (κ1) is 23.5. The third-order valence-corrected chi connectivity index (χ3v) is 3.51. The van der Waals surface area contributed by atoms with Gasteiger partial charge in [-0.1, -0.05) is 44.2 Å². The monoisotopic (exact) mass is 349 g/mol. The van der Waals surface area contributed by atoms with Gasteiger partial charge >= 0.3 is 0 Å². The maximum Gasteiger partial charge on any atom is 0.224 e. The second-order valence-corrected chi connectivity index (χ2v) is 4.87. The van der Waals surface area contributed by atoms with E-state index < -0.39 is 0 Å². The molecule has 1 aromatic carbocycles. The molecule has 0 heterocycles. The van der Waals surface area contributed by atoms with Crippen LogP contribution in [-0.2, 0) is 11.3 Å². The van der Waals surface area contributed by atoms with Gasteiger partial charge in [0, 0.05) is 32.6 Å². The smallest absolute Gasteiger partial charge is 0.224 e. The summed E-state index contributed by atoms with van der Waals surface area (Å²) in [6, 6.07) is 10.1. The number of rotatable bonds is 9. The molecule has 2 N–H and O–H groups in total. The maximum absolute atomic E-state index is 12.2. The molecular formula is C16H29Cl2N3O. The Hall–Kier alpha value is -0.810. The second-order valence-electron chi connectivity index (χ2n) is 4.87. The van der Waals surface area contributed by atoms with E-state index in [1.807, 2.05) is 23.1 Å². The van der Waals surface area contributed by atoms with E-state index in [0.29, 0.717) is 19.5 Å². The highest BCUT2D eigenvalue weighted by molar-refractivity contribution is 5.85. The Morgan fingerprint density at radius 2 is 1.64 bits per heavy atom. The number of hydrogen-bond donors (Lipinski definition) is 1. The fourth-order valence-electron chi connectivity index (χ4n) is 2.18. The van der Waals surface area contributed by atoms with Crippen LogP contribution in [0.5, 0.6) is 0 Å². The lowest BCUT2D eigenvalue weighted by atomic mass is 10.2. The summed E-state index contributed by atoms with van der Waals surface area (Å²) >= 11 is 0. The molecule has 0 aliphatic carbocycles. The van der Waals surface area contributed by atoms with Crippen LogP contribution in [0.15, 0.2) is 30.3 Å². The number of likely N-dealkylation sites (N-methyl/N-ethyl adjacent to an activating group) is 1. The van der Waals surface area contributed by atoms with Gasteiger partial charge in [-0.3, -0.25) is 4.79 Å². The van der Waals surface area contributed by atoms with Crippen molar-refractivity contribution in [3.8, 4) is 0 Å². The summed E-state index contributed by atoms with van der Waals surface area (Å²) in [4.78, 5) is 16.4. The summed E-state index contributed by atoms with van der Waals surface area (Å²) in [5.74, 6) is 0.142. The summed E-state index contributed by atoms with van der Waals surface area (Å²) in [6.45, 7) is 9.07. The molecule has 1 aromatic rings. The van der Waals surface area contributed by atoms with Gasteiger partial charge < -0.3 is 15.5 Å². The molecule has 4 nitrogen and oxygen atoms in total. The van der Waals surface area contributed by atoms with E-state index in [4.69, 9.17) is 5.73 Å². The van der Waals surface area contributed by atoms with Crippen molar-refractivity contribution in [1.29, 1.82) is 0 Å². The second kappa shape index (κ2) is 13.8. The van der Waals surface area contributed by atoms with Crippen molar-refractivity contribution in [2.75, 3.05) is 32.7 Å². The predicted molar refractivity (Wildman–Crippen MR) is 97.8 cm³/mol. The molecule has 0 unspecified atom stereocenters. The Morgan fingerprint density at radius 1 is 1.05 bits per heavy atom. The van der Waals surface area contributed by atoms with Crippen LogP contribution in [-0.4, -0.2) is 48.4 Å². The number of carbonyl (C=O) groups is 1. The standard InChI is InChI=1S/C16H27N3O.2ClH/c1-3-18(4-2)12-13-19(16(20)10-11-17)14-15-8-6-5-7-9-15;;/h5-9H,3-4,10-14,17H2,1-2H3;2*1H. The van der Waals surface area contributed by atoms with E-state index in [1.165, 1.54) is 0 Å². The summed E-state index contributed by atoms with van der Waals surface area (Å²) in [5.41, 5.74) is 6.68. The average Bonchev–Trinajstić information content (AvgIpc) is 2.48. The van der Waals surface area contributed by atoms with Crippen LogP contribution < -0.4 is 5.73 Å². The molecule has 1 rings (SSSR count). The van der Waals surface area contributed by atoms with Crippen molar-refractivity contribution in [3.05, 3.63) is 35.9 Å². The molecule has 128 valence electrons. The molecule has 0 fully saturated rings. The van der Waals surface area contributed by atoms with Crippen LogP contribution in [0.4, 0.5) is 0 Å². The van der Waals surface area contributed by atoms with Crippen LogP contribution in [0.25, 0.3) is 0 Å². The quantitative estimate of drug-likeness (QED) is 0.745. The zero-order valence-electron chi connectivity index (χ0n) is 13.5. The Balaban J connectivity index is 0. The van der Waals surface area contributed by atoms with Crippen LogP contribution in [0.1, 0.15) is 25.8 Å². The van der Waals surface area contributed by atoms with Gasteiger partial charge in [-0.2, -0.15) is 0 Å². The van der Waals surface area contributed by atoms with Gasteiger partial charge in [0.05, 0.1) is 0 Å². The number of benzene rings is 1. The van der Waals surface area contributed by atoms with Gasteiger partial charge in [0.25, 0.3) is 0 Å². The summed E-state index contributed by atoms with van der Waals surface area (Å²) in [5, 5.41) is 0. The van der Waals surface area contributed by atoms with E-state index in [0.717, 1.165) is 31.7 Å². The van der Waals surface area contributed by atoms with E-state index in [-0.39, 0.29) is 30.7 Å². The number of amides is 1. The Morgan fingerprint density at radius 3 is 2.14 bits per heavy atom. The largest absolute Gasteiger partial charge is 0.337 e. The summed E-state index contributed by atoms with van der Waals surface area (Å²) in [6.07, 6.45) is 0.422. The van der Waals surface area contributed by atoms with Crippen molar-refractivity contribution in [1.82, 2.24) is 9.80 Å². The van der Waals surface area contributed by atoms with Gasteiger partial charge in [-0.25, -0.2) is 0 Å². The molecule has 0 saturated heterocycles. The van der Waals surface area contributed by atoms with Crippen molar-refractivity contribution < 1.29 is 4.79 Å². The molecular weight excluding hydrogens is 321 g/mol. The number of hydrogen-bond acceptors (Lipinski definition) is 3. The first-order valence-electron chi connectivity index (χ1n) is 7.45. The van der Waals surface area contributed by atoms with Crippen molar-refractivity contribution in [2.45, 2.75) is 26.8 Å². The third kappa shape index (κ3) is 8.59. The highest BCUT2D eigenvalue weighted by atomic mass is 35.5. The first-order chi connectivity index (χ1) is 9.71. The number of halogens is 2. The molecule has 0 aliphatic heterocycles. The lowest BCUT2D eigenvalue weighted by molar-refractivity contribution is -0.131. The van der Waals surface area contributed by atoms with Crippen LogP contribution in [0.3, 0.4) is 0 Å². The van der Waals surface area contributed by atoms with Crippen molar-refractivity contribution in [2.24, 2.45) is 5.73 Å². The van der Waals surface area contributed by atoms with Gasteiger partial charge in [-0.05, 0) is 18.7 Å². The fourth-order valence-corrected chi connectivity index (χ4v) is 2.18. The van der Waals surface area contributed by atoms with Gasteiger partial charge in [0.1, 0.15) is 0 Å². The Labute approximate surface area is 146 Å². The van der Waals surface area contributed by atoms with E-state index >= 15 is 0 Å². The lowest BCUT2D eigenvalue weighted by Gasteiger charge is -2.26. The topological polar surface area (TPSA) is 49.6 Å². The highest BCUT2D eigenvalue weighted by Crippen LogP contribution is 2.06.